The van der Waals surface area contributed by atoms with Crippen LogP contribution < -0.4 is 0 Å². The monoisotopic (exact) mass is 357 g/mol. The number of halogens is 1. The van der Waals surface area contributed by atoms with Gasteiger partial charge >= 0.3 is 5.97 Å². The van der Waals surface area contributed by atoms with Crippen LogP contribution >= 0.6 is 11.6 Å². The van der Waals surface area contributed by atoms with E-state index in [1.54, 1.807) is 48.7 Å². The predicted molar refractivity (Wildman–Crippen MR) is 94.8 cm³/mol. The Morgan fingerprint density at radius 2 is 1.88 bits per heavy atom. The molecule has 6 heteroatoms. The van der Waals surface area contributed by atoms with Crippen molar-refractivity contribution in [1.29, 1.82) is 0 Å². The molecule has 0 saturated heterocycles. The molecule has 1 N–H and O–H groups in total. The van der Waals surface area contributed by atoms with Gasteiger partial charge in [0.2, 0.25) is 0 Å². The van der Waals surface area contributed by atoms with Crippen molar-refractivity contribution >= 4 is 34.4 Å². The second-order valence-electron chi connectivity index (χ2n) is 5.60. The standard InChI is InChI=1S/C19H16ClNO4/c1-25-18(23)9-14-10-21(17-7-2-12(11-22)8-16(14)17)19(24)13-3-5-15(20)6-4-13/h2-8,10,22H,9,11H2,1H3. The number of hydrogen-bond donors (Lipinski definition) is 1. The van der Waals surface area contributed by atoms with E-state index >= 15 is 0 Å². The van der Waals surface area contributed by atoms with Gasteiger partial charge in [0.25, 0.3) is 5.91 Å². The highest BCUT2D eigenvalue weighted by atomic mass is 35.5. The fraction of sp³-hybridized carbons (Fsp3) is 0.158. The van der Waals surface area contributed by atoms with Crippen molar-refractivity contribution in [2.45, 2.75) is 13.0 Å². The third-order valence-electron chi connectivity index (χ3n) is 4.01. The molecule has 0 amide bonds. The number of carbonyl (C=O) groups excluding carboxylic acids is 2. The van der Waals surface area contributed by atoms with Crippen LogP contribution in [0.1, 0.15) is 21.5 Å². The fourth-order valence-electron chi connectivity index (χ4n) is 2.71. The van der Waals surface area contributed by atoms with Gasteiger partial charge in [-0.05, 0) is 47.5 Å². The van der Waals surface area contributed by atoms with Crippen LogP contribution in [0.2, 0.25) is 5.02 Å². The zero-order valence-corrected chi connectivity index (χ0v) is 14.3. The predicted octanol–water partition coefficient (Wildman–Crippen LogP) is 3.19. The molecule has 25 heavy (non-hydrogen) atoms. The molecule has 128 valence electrons. The number of esters is 1. The number of fused-ring (bicyclic) bond motifs is 1. The zero-order chi connectivity index (χ0) is 18.0. The summed E-state index contributed by atoms with van der Waals surface area (Å²) in [7, 11) is 1.32. The Morgan fingerprint density at radius 1 is 1.16 bits per heavy atom. The number of nitrogens with zero attached hydrogens (tertiary/aromatic N) is 1. The third-order valence-corrected chi connectivity index (χ3v) is 4.26. The summed E-state index contributed by atoms with van der Waals surface area (Å²) < 4.78 is 6.23. The molecular weight excluding hydrogens is 342 g/mol. The first-order valence-corrected chi connectivity index (χ1v) is 8.02. The van der Waals surface area contributed by atoms with Crippen LogP contribution in [0.25, 0.3) is 10.9 Å². The van der Waals surface area contributed by atoms with Crippen LogP contribution in [0.3, 0.4) is 0 Å². The van der Waals surface area contributed by atoms with Crippen molar-refractivity contribution in [3.05, 3.63) is 70.4 Å². The van der Waals surface area contributed by atoms with Gasteiger partial charge in [-0.1, -0.05) is 17.7 Å². The van der Waals surface area contributed by atoms with Crippen molar-refractivity contribution < 1.29 is 19.4 Å². The molecule has 0 fully saturated rings. The van der Waals surface area contributed by atoms with Gasteiger partial charge in [0.05, 0.1) is 25.7 Å². The molecule has 0 spiro atoms. The maximum absolute atomic E-state index is 12.8. The number of carbonyl (C=O) groups is 2. The molecule has 1 heterocycles. The lowest BCUT2D eigenvalue weighted by Crippen LogP contribution is -2.10. The lowest BCUT2D eigenvalue weighted by Gasteiger charge is -2.05. The summed E-state index contributed by atoms with van der Waals surface area (Å²) in [6.45, 7) is -0.121. The number of aromatic nitrogens is 1. The summed E-state index contributed by atoms with van der Waals surface area (Å²) in [6, 6.07) is 11.9. The molecule has 1 aromatic heterocycles. The smallest absolute Gasteiger partial charge is 0.310 e. The van der Waals surface area contributed by atoms with Gasteiger partial charge in [-0.3, -0.25) is 14.2 Å². The Bertz CT molecular complexity index is 944. The van der Waals surface area contributed by atoms with E-state index in [4.69, 9.17) is 16.3 Å². The normalized spacial score (nSPS) is 10.8. The third kappa shape index (κ3) is 3.43. The molecule has 5 nitrogen and oxygen atoms in total. The minimum absolute atomic E-state index is 0.0444. The van der Waals surface area contributed by atoms with Crippen molar-refractivity contribution in [3.63, 3.8) is 0 Å². The van der Waals surface area contributed by atoms with E-state index in [1.165, 1.54) is 11.7 Å². The topological polar surface area (TPSA) is 68.5 Å². The first kappa shape index (κ1) is 17.2. The molecule has 0 bridgehead atoms. The Balaban J connectivity index is 2.12. The van der Waals surface area contributed by atoms with Crippen LogP contribution in [-0.4, -0.2) is 28.7 Å². The van der Waals surface area contributed by atoms with E-state index in [0.717, 1.165) is 5.39 Å². The Hall–Kier alpha value is -2.63. The molecule has 0 atom stereocenters. The number of aliphatic hydroxyl groups is 1. The minimum Gasteiger partial charge on any atom is -0.469 e. The Morgan fingerprint density at radius 3 is 2.52 bits per heavy atom. The minimum atomic E-state index is -0.396. The van der Waals surface area contributed by atoms with Crippen LogP contribution in [0.4, 0.5) is 0 Å². The number of benzene rings is 2. The molecule has 0 saturated carbocycles. The average molecular weight is 358 g/mol. The van der Waals surface area contributed by atoms with E-state index in [9.17, 15) is 14.7 Å². The van der Waals surface area contributed by atoms with E-state index < -0.39 is 5.97 Å². The summed E-state index contributed by atoms with van der Waals surface area (Å²) in [4.78, 5) is 24.5. The lowest BCUT2D eigenvalue weighted by atomic mass is 10.1. The highest BCUT2D eigenvalue weighted by Gasteiger charge is 2.17. The average Bonchev–Trinajstić information content (AvgIpc) is 2.99. The number of aliphatic hydroxyl groups excluding tert-OH is 1. The second kappa shape index (κ2) is 7.09. The summed E-state index contributed by atoms with van der Waals surface area (Å²) in [6.07, 6.45) is 1.68. The maximum atomic E-state index is 12.8. The number of rotatable bonds is 4. The molecule has 0 radical (unpaired) electrons. The lowest BCUT2D eigenvalue weighted by molar-refractivity contribution is -0.139. The van der Waals surface area contributed by atoms with Gasteiger partial charge in [0.1, 0.15) is 0 Å². The van der Waals surface area contributed by atoms with Gasteiger partial charge in [-0.2, -0.15) is 0 Å². The highest BCUT2D eigenvalue weighted by molar-refractivity contribution is 6.30. The van der Waals surface area contributed by atoms with Crippen LogP contribution in [0.15, 0.2) is 48.7 Å². The quantitative estimate of drug-likeness (QED) is 0.728. The molecule has 0 unspecified atom stereocenters. The molecular formula is C19H16ClNO4. The van der Waals surface area contributed by atoms with E-state index in [1.807, 2.05) is 0 Å². The molecule has 0 aliphatic heterocycles. The first-order chi connectivity index (χ1) is 12.0. The molecule has 2 aromatic carbocycles. The number of ether oxygens (including phenoxy) is 1. The molecule has 0 aliphatic carbocycles. The SMILES string of the molecule is COC(=O)Cc1cn(C(=O)c2ccc(Cl)cc2)c2ccc(CO)cc12. The molecule has 0 aliphatic rings. The largest absolute Gasteiger partial charge is 0.469 e. The Labute approximate surface area is 149 Å². The fourth-order valence-corrected chi connectivity index (χ4v) is 2.84. The first-order valence-electron chi connectivity index (χ1n) is 7.64. The maximum Gasteiger partial charge on any atom is 0.310 e. The van der Waals surface area contributed by atoms with Gasteiger partial charge in [0, 0.05) is 22.2 Å². The van der Waals surface area contributed by atoms with Gasteiger partial charge in [0.15, 0.2) is 0 Å². The summed E-state index contributed by atoms with van der Waals surface area (Å²) in [5.41, 5.74) is 2.52. The van der Waals surface area contributed by atoms with Crippen LogP contribution in [-0.2, 0) is 22.6 Å². The second-order valence-corrected chi connectivity index (χ2v) is 6.04. The summed E-state index contributed by atoms with van der Waals surface area (Å²) in [5, 5.41) is 10.6. The van der Waals surface area contributed by atoms with Crippen molar-refractivity contribution in [3.8, 4) is 0 Å². The molecule has 3 aromatic rings. The van der Waals surface area contributed by atoms with E-state index in [0.29, 0.717) is 27.2 Å². The van der Waals surface area contributed by atoms with Gasteiger partial charge in [-0.25, -0.2) is 0 Å². The summed E-state index contributed by atoms with van der Waals surface area (Å²) >= 11 is 5.88. The molecule has 3 rings (SSSR count). The van der Waals surface area contributed by atoms with Crippen LogP contribution in [0, 0.1) is 0 Å². The van der Waals surface area contributed by atoms with Crippen molar-refractivity contribution in [1.82, 2.24) is 4.57 Å². The number of hydrogen-bond acceptors (Lipinski definition) is 4. The van der Waals surface area contributed by atoms with Crippen molar-refractivity contribution in [2.75, 3.05) is 7.11 Å². The summed E-state index contributed by atoms with van der Waals surface area (Å²) in [5.74, 6) is -0.623. The van der Waals surface area contributed by atoms with E-state index in [-0.39, 0.29) is 18.9 Å². The Kier molecular flexibility index (Phi) is 4.88. The number of methoxy groups -OCH3 is 1. The zero-order valence-electron chi connectivity index (χ0n) is 13.5. The highest BCUT2D eigenvalue weighted by Crippen LogP contribution is 2.25. The van der Waals surface area contributed by atoms with E-state index in [2.05, 4.69) is 0 Å². The van der Waals surface area contributed by atoms with Crippen LogP contribution in [0.5, 0.6) is 0 Å². The van der Waals surface area contributed by atoms with Gasteiger partial charge < -0.3 is 9.84 Å². The van der Waals surface area contributed by atoms with Crippen molar-refractivity contribution in [2.24, 2.45) is 0 Å². The van der Waals surface area contributed by atoms with Gasteiger partial charge in [-0.15, -0.1) is 0 Å².